The summed E-state index contributed by atoms with van der Waals surface area (Å²) in [4.78, 5) is 0. The van der Waals surface area contributed by atoms with Crippen LogP contribution in [0, 0.1) is 0 Å². The van der Waals surface area contributed by atoms with E-state index >= 15 is 0 Å². The van der Waals surface area contributed by atoms with E-state index in [9.17, 15) is 0 Å². The van der Waals surface area contributed by atoms with Crippen molar-refractivity contribution in [2.75, 3.05) is 6.61 Å². The largest absolute Gasteiger partial charge is 0.494 e. The summed E-state index contributed by atoms with van der Waals surface area (Å²) in [6.45, 7) is 3.24. The van der Waals surface area contributed by atoms with Gasteiger partial charge < -0.3 is 15.0 Å². The van der Waals surface area contributed by atoms with E-state index in [0.717, 1.165) is 11.4 Å². The maximum absolute atomic E-state index is 5.66. The van der Waals surface area contributed by atoms with Gasteiger partial charge in [-0.05, 0) is 36.2 Å². The molecule has 90 valence electrons. The van der Waals surface area contributed by atoms with Gasteiger partial charge >= 0.3 is 0 Å². The lowest BCUT2D eigenvalue weighted by molar-refractivity contribution is 0.340. The highest BCUT2D eigenvalue weighted by Crippen LogP contribution is 2.24. The first-order valence-electron chi connectivity index (χ1n) is 5.83. The van der Waals surface area contributed by atoms with E-state index in [0.29, 0.717) is 13.2 Å². The zero-order valence-electron chi connectivity index (χ0n) is 10.3. The Morgan fingerprint density at radius 1 is 1.18 bits per heavy atom. The lowest BCUT2D eigenvalue weighted by atomic mass is 10.1. The predicted octanol–water partition coefficient (Wildman–Crippen LogP) is 2.55. The first-order chi connectivity index (χ1) is 8.24. The number of nitrogens with two attached hydrogens (primary N) is 1. The van der Waals surface area contributed by atoms with E-state index in [4.69, 9.17) is 10.5 Å². The Labute approximate surface area is 102 Å². The summed E-state index contributed by atoms with van der Waals surface area (Å²) < 4.78 is 7.48. The van der Waals surface area contributed by atoms with Crippen molar-refractivity contribution in [1.29, 1.82) is 0 Å². The molecule has 0 bridgehead atoms. The van der Waals surface area contributed by atoms with Crippen molar-refractivity contribution in [3.8, 4) is 16.9 Å². The zero-order valence-corrected chi connectivity index (χ0v) is 10.3. The Bertz CT molecular complexity index is 485. The number of rotatable bonds is 4. The number of aromatic nitrogens is 1. The number of hydrogen-bond donors (Lipinski definition) is 1. The van der Waals surface area contributed by atoms with Gasteiger partial charge in [-0.25, -0.2) is 0 Å². The molecule has 0 aliphatic carbocycles. The van der Waals surface area contributed by atoms with E-state index in [1.54, 1.807) is 0 Å². The highest BCUT2D eigenvalue weighted by atomic mass is 16.5. The molecule has 3 nitrogen and oxygen atoms in total. The molecular weight excluding hydrogens is 212 g/mol. The third-order valence-corrected chi connectivity index (χ3v) is 2.82. The molecule has 1 aromatic heterocycles. The average Bonchev–Trinajstić information content (AvgIpc) is 2.72. The first kappa shape index (κ1) is 11.7. The molecule has 2 N–H and O–H groups in total. The van der Waals surface area contributed by atoms with E-state index in [1.165, 1.54) is 11.1 Å². The Hall–Kier alpha value is -1.74. The molecule has 0 radical (unpaired) electrons. The van der Waals surface area contributed by atoms with Crippen LogP contribution in [-0.2, 0) is 13.6 Å². The van der Waals surface area contributed by atoms with E-state index < -0.39 is 0 Å². The van der Waals surface area contributed by atoms with Crippen LogP contribution in [0.1, 0.15) is 12.6 Å². The van der Waals surface area contributed by atoms with Crippen LogP contribution in [0.5, 0.6) is 5.75 Å². The molecule has 0 aliphatic heterocycles. The van der Waals surface area contributed by atoms with Gasteiger partial charge in [-0.3, -0.25) is 0 Å². The quantitative estimate of drug-likeness (QED) is 0.876. The standard InChI is InChI=1S/C14H18N2O/c1-3-17-14-6-4-11(5-7-14)12-8-13(9-15)16(2)10-12/h4-8,10H,3,9,15H2,1-2H3. The summed E-state index contributed by atoms with van der Waals surface area (Å²) in [6, 6.07) is 10.2. The second-order valence-electron chi connectivity index (χ2n) is 3.99. The third kappa shape index (κ3) is 2.50. The lowest BCUT2D eigenvalue weighted by Crippen LogP contribution is -2.01. The van der Waals surface area contributed by atoms with Gasteiger partial charge in [0.25, 0.3) is 0 Å². The first-order valence-corrected chi connectivity index (χ1v) is 5.83. The Morgan fingerprint density at radius 2 is 1.88 bits per heavy atom. The normalized spacial score (nSPS) is 10.5. The molecular formula is C14H18N2O. The minimum absolute atomic E-state index is 0.563. The molecule has 1 aromatic carbocycles. The van der Waals surface area contributed by atoms with Gasteiger partial charge in [-0.15, -0.1) is 0 Å². The second-order valence-corrected chi connectivity index (χ2v) is 3.99. The number of benzene rings is 1. The van der Waals surface area contributed by atoms with Gasteiger partial charge in [0, 0.05) is 25.5 Å². The lowest BCUT2D eigenvalue weighted by Gasteiger charge is -2.03. The molecule has 0 amide bonds. The molecule has 0 atom stereocenters. The van der Waals surface area contributed by atoms with Crippen molar-refractivity contribution in [3.63, 3.8) is 0 Å². The molecule has 1 heterocycles. The fourth-order valence-corrected chi connectivity index (χ4v) is 1.88. The average molecular weight is 230 g/mol. The minimum Gasteiger partial charge on any atom is -0.494 e. The number of ether oxygens (including phenoxy) is 1. The monoisotopic (exact) mass is 230 g/mol. The molecule has 0 spiro atoms. The predicted molar refractivity (Wildman–Crippen MR) is 69.9 cm³/mol. The van der Waals surface area contributed by atoms with Crippen LogP contribution in [0.2, 0.25) is 0 Å². The SMILES string of the molecule is CCOc1ccc(-c2cc(CN)n(C)c2)cc1. The summed E-state index contributed by atoms with van der Waals surface area (Å²) >= 11 is 0. The summed E-state index contributed by atoms with van der Waals surface area (Å²) in [7, 11) is 2.01. The van der Waals surface area contributed by atoms with Crippen molar-refractivity contribution in [1.82, 2.24) is 4.57 Å². The zero-order chi connectivity index (χ0) is 12.3. The van der Waals surface area contributed by atoms with Crippen LogP contribution >= 0.6 is 0 Å². The van der Waals surface area contributed by atoms with Crippen molar-refractivity contribution >= 4 is 0 Å². The number of hydrogen-bond acceptors (Lipinski definition) is 2. The van der Waals surface area contributed by atoms with Gasteiger partial charge in [-0.1, -0.05) is 12.1 Å². The number of aryl methyl sites for hydroxylation is 1. The van der Waals surface area contributed by atoms with E-state index in [1.807, 2.05) is 26.1 Å². The summed E-state index contributed by atoms with van der Waals surface area (Å²) in [5, 5.41) is 0. The molecule has 3 heteroatoms. The molecule has 2 aromatic rings. The molecule has 0 saturated carbocycles. The molecule has 17 heavy (non-hydrogen) atoms. The summed E-state index contributed by atoms with van der Waals surface area (Å²) in [6.07, 6.45) is 2.10. The molecule has 2 rings (SSSR count). The highest BCUT2D eigenvalue weighted by molar-refractivity contribution is 5.64. The third-order valence-electron chi connectivity index (χ3n) is 2.82. The maximum Gasteiger partial charge on any atom is 0.119 e. The van der Waals surface area contributed by atoms with Crippen molar-refractivity contribution in [3.05, 3.63) is 42.2 Å². The van der Waals surface area contributed by atoms with Gasteiger partial charge in [-0.2, -0.15) is 0 Å². The van der Waals surface area contributed by atoms with Crippen molar-refractivity contribution in [2.24, 2.45) is 12.8 Å². The molecule has 0 aliphatic rings. The molecule has 0 fully saturated rings. The molecule has 0 saturated heterocycles. The second kappa shape index (κ2) is 5.06. The Kier molecular flexibility index (Phi) is 3.49. The van der Waals surface area contributed by atoms with Crippen LogP contribution in [0.3, 0.4) is 0 Å². The van der Waals surface area contributed by atoms with Gasteiger partial charge in [0.15, 0.2) is 0 Å². The van der Waals surface area contributed by atoms with Crippen LogP contribution in [0.15, 0.2) is 36.5 Å². The van der Waals surface area contributed by atoms with Crippen molar-refractivity contribution < 1.29 is 4.74 Å². The van der Waals surface area contributed by atoms with E-state index in [2.05, 4.69) is 29.0 Å². The molecule has 0 unspecified atom stereocenters. The van der Waals surface area contributed by atoms with Crippen LogP contribution in [0.25, 0.3) is 11.1 Å². The smallest absolute Gasteiger partial charge is 0.119 e. The van der Waals surface area contributed by atoms with Crippen LogP contribution in [0.4, 0.5) is 0 Å². The summed E-state index contributed by atoms with van der Waals surface area (Å²) in [5.41, 5.74) is 9.17. The fraction of sp³-hybridized carbons (Fsp3) is 0.286. The summed E-state index contributed by atoms with van der Waals surface area (Å²) in [5.74, 6) is 0.909. The number of nitrogens with zero attached hydrogens (tertiary/aromatic N) is 1. The van der Waals surface area contributed by atoms with E-state index in [-0.39, 0.29) is 0 Å². The highest BCUT2D eigenvalue weighted by Gasteiger charge is 2.04. The Balaban J connectivity index is 2.26. The van der Waals surface area contributed by atoms with Gasteiger partial charge in [0.05, 0.1) is 6.61 Å². The Morgan fingerprint density at radius 3 is 2.41 bits per heavy atom. The topological polar surface area (TPSA) is 40.2 Å². The van der Waals surface area contributed by atoms with Crippen molar-refractivity contribution in [2.45, 2.75) is 13.5 Å². The van der Waals surface area contributed by atoms with Gasteiger partial charge in [0.1, 0.15) is 5.75 Å². The fourth-order valence-electron chi connectivity index (χ4n) is 1.88. The maximum atomic E-state index is 5.66. The van der Waals surface area contributed by atoms with Crippen LogP contribution in [-0.4, -0.2) is 11.2 Å². The minimum atomic E-state index is 0.563. The van der Waals surface area contributed by atoms with Crippen LogP contribution < -0.4 is 10.5 Å². The van der Waals surface area contributed by atoms with Gasteiger partial charge in [0.2, 0.25) is 0 Å².